The van der Waals surface area contributed by atoms with Crippen LogP contribution in [0, 0.1) is 0 Å². The summed E-state index contributed by atoms with van der Waals surface area (Å²) in [4.78, 5) is 21.9. The molecule has 2 aromatic rings. The Labute approximate surface area is 194 Å². The molecule has 3 rings (SSSR count). The molecule has 10 heteroatoms. The van der Waals surface area contributed by atoms with Gasteiger partial charge in [0.2, 0.25) is 0 Å². The largest absolute Gasteiger partial charge is 0.450 e. The molecule has 0 unspecified atom stereocenters. The van der Waals surface area contributed by atoms with Crippen LogP contribution in [0.25, 0.3) is 0 Å². The van der Waals surface area contributed by atoms with Gasteiger partial charge in [0.25, 0.3) is 0 Å². The van der Waals surface area contributed by atoms with Gasteiger partial charge in [0.15, 0.2) is 5.96 Å². The quantitative estimate of drug-likeness (QED) is 0.340. The van der Waals surface area contributed by atoms with Crippen LogP contribution in [0.2, 0.25) is 0 Å². The average Bonchev–Trinajstić information content (AvgIpc) is 3.25. The van der Waals surface area contributed by atoms with Crippen LogP contribution in [0.5, 0.6) is 0 Å². The highest BCUT2D eigenvalue weighted by atomic mass is 127. The summed E-state index contributed by atoms with van der Waals surface area (Å²) in [6.45, 7) is 4.99. The summed E-state index contributed by atoms with van der Waals surface area (Å²) in [5, 5.41) is 11.0. The third kappa shape index (κ3) is 7.15. The number of aromatic nitrogens is 3. The summed E-state index contributed by atoms with van der Waals surface area (Å²) in [5.74, 6) is 0.765. The van der Waals surface area contributed by atoms with Gasteiger partial charge in [0.05, 0.1) is 13.2 Å². The van der Waals surface area contributed by atoms with Crippen molar-refractivity contribution >= 4 is 36.0 Å². The zero-order valence-corrected chi connectivity index (χ0v) is 19.8. The van der Waals surface area contributed by atoms with E-state index in [-0.39, 0.29) is 36.1 Å². The second-order valence-electron chi connectivity index (χ2n) is 6.94. The van der Waals surface area contributed by atoms with Crippen molar-refractivity contribution in [2.45, 2.75) is 38.9 Å². The average molecular weight is 527 g/mol. The molecule has 1 aromatic carbocycles. The number of likely N-dealkylation sites (tertiary alicyclic amines) is 1. The van der Waals surface area contributed by atoms with Crippen LogP contribution >= 0.6 is 24.0 Å². The third-order valence-electron chi connectivity index (χ3n) is 4.85. The Hall–Kier alpha value is -2.37. The summed E-state index contributed by atoms with van der Waals surface area (Å²) < 4.78 is 6.87. The molecule has 9 nitrogen and oxygen atoms in total. The fraction of sp³-hybridized carbons (Fsp3) is 0.500. The van der Waals surface area contributed by atoms with Crippen LogP contribution in [0.15, 0.2) is 41.9 Å². The summed E-state index contributed by atoms with van der Waals surface area (Å²) in [7, 11) is 1.77. The number of hydrogen-bond donors (Lipinski definition) is 2. The molecule has 0 spiro atoms. The molecule has 0 saturated carbocycles. The van der Waals surface area contributed by atoms with Gasteiger partial charge in [-0.15, -0.1) is 24.0 Å². The van der Waals surface area contributed by atoms with Crippen LogP contribution in [0.4, 0.5) is 4.79 Å². The van der Waals surface area contributed by atoms with Gasteiger partial charge in [-0.05, 0) is 30.9 Å². The molecule has 0 aliphatic carbocycles. The second kappa shape index (κ2) is 12.4. The number of amides is 1. The van der Waals surface area contributed by atoms with Gasteiger partial charge in [0.1, 0.15) is 12.7 Å². The van der Waals surface area contributed by atoms with E-state index in [1.54, 1.807) is 23.0 Å². The van der Waals surface area contributed by atoms with Crippen molar-refractivity contribution in [3.8, 4) is 0 Å². The van der Waals surface area contributed by atoms with E-state index in [9.17, 15) is 4.79 Å². The van der Waals surface area contributed by atoms with Gasteiger partial charge in [0, 0.05) is 32.7 Å². The van der Waals surface area contributed by atoms with Crippen LogP contribution in [-0.2, 0) is 17.8 Å². The Kier molecular flexibility index (Phi) is 9.84. The number of carbonyl (C=O) groups is 1. The number of rotatable bonds is 6. The zero-order valence-electron chi connectivity index (χ0n) is 17.5. The molecule has 0 radical (unpaired) electrons. The number of ether oxygens (including phenoxy) is 1. The Morgan fingerprint density at radius 2 is 2.07 bits per heavy atom. The van der Waals surface area contributed by atoms with Crippen LogP contribution in [0.3, 0.4) is 0 Å². The molecule has 2 N–H and O–H groups in total. The number of nitrogens with one attached hydrogen (secondary N) is 2. The van der Waals surface area contributed by atoms with E-state index in [1.165, 1.54) is 17.5 Å². The number of piperidine rings is 1. The topological polar surface area (TPSA) is 96.7 Å². The summed E-state index contributed by atoms with van der Waals surface area (Å²) in [5.41, 5.74) is 2.34. The first kappa shape index (κ1) is 23.9. The fourth-order valence-electron chi connectivity index (χ4n) is 3.33. The van der Waals surface area contributed by atoms with Crippen molar-refractivity contribution in [3.63, 3.8) is 0 Å². The Bertz CT molecular complexity index is 805. The smallest absolute Gasteiger partial charge is 0.409 e. The highest BCUT2D eigenvalue weighted by Gasteiger charge is 2.23. The van der Waals surface area contributed by atoms with E-state index in [4.69, 9.17) is 4.74 Å². The summed E-state index contributed by atoms with van der Waals surface area (Å²) in [6.07, 6.45) is 4.77. The standard InChI is InChI=1S/C20H29N7O2.HI/c1-3-29-20(28)26-9-7-18(8-10-26)25-19(21-2)23-12-16-5-4-6-17(11-16)13-27-15-22-14-24-27;/h4-6,11,14-15,18H,3,7-10,12-13H2,1-2H3,(H2,21,23,25);1H. The number of guanidine groups is 1. The van der Waals surface area contributed by atoms with E-state index < -0.39 is 0 Å². The normalized spacial score (nSPS) is 14.7. The molecule has 0 atom stereocenters. The monoisotopic (exact) mass is 527 g/mol. The van der Waals surface area contributed by atoms with E-state index in [2.05, 4.69) is 43.9 Å². The van der Waals surface area contributed by atoms with Crippen molar-refractivity contribution in [2.24, 2.45) is 4.99 Å². The van der Waals surface area contributed by atoms with Crippen molar-refractivity contribution in [2.75, 3.05) is 26.7 Å². The minimum absolute atomic E-state index is 0. The predicted octanol–water partition coefficient (Wildman–Crippen LogP) is 2.23. The van der Waals surface area contributed by atoms with E-state index >= 15 is 0 Å². The molecule has 0 bridgehead atoms. The molecule has 164 valence electrons. The minimum atomic E-state index is -0.223. The molecular weight excluding hydrogens is 497 g/mol. The van der Waals surface area contributed by atoms with Crippen LogP contribution < -0.4 is 10.6 Å². The molecule has 2 heterocycles. The van der Waals surface area contributed by atoms with Crippen molar-refractivity contribution in [1.82, 2.24) is 30.3 Å². The highest BCUT2D eigenvalue weighted by molar-refractivity contribution is 14.0. The van der Waals surface area contributed by atoms with Crippen molar-refractivity contribution in [1.29, 1.82) is 0 Å². The number of benzene rings is 1. The molecule has 1 fully saturated rings. The number of aliphatic imine (C=N–C) groups is 1. The summed E-state index contributed by atoms with van der Waals surface area (Å²) >= 11 is 0. The number of carbonyl (C=O) groups excluding carboxylic acids is 1. The second-order valence-corrected chi connectivity index (χ2v) is 6.94. The van der Waals surface area contributed by atoms with Crippen LogP contribution in [0.1, 0.15) is 30.9 Å². The van der Waals surface area contributed by atoms with Gasteiger partial charge in [-0.25, -0.2) is 14.5 Å². The fourth-order valence-corrected chi connectivity index (χ4v) is 3.33. The maximum absolute atomic E-state index is 11.8. The molecular formula is C20H30IN7O2. The lowest BCUT2D eigenvalue weighted by Gasteiger charge is -2.32. The molecule has 1 amide bonds. The maximum atomic E-state index is 11.8. The van der Waals surface area contributed by atoms with Crippen molar-refractivity contribution < 1.29 is 9.53 Å². The van der Waals surface area contributed by atoms with Gasteiger partial charge in [-0.2, -0.15) is 5.10 Å². The first-order chi connectivity index (χ1) is 14.2. The van der Waals surface area contributed by atoms with E-state index in [1.807, 2.05) is 13.0 Å². The lowest BCUT2D eigenvalue weighted by atomic mass is 10.1. The van der Waals surface area contributed by atoms with Crippen LogP contribution in [-0.4, -0.2) is 64.5 Å². The first-order valence-electron chi connectivity index (χ1n) is 9.97. The van der Waals surface area contributed by atoms with Gasteiger partial charge in [-0.1, -0.05) is 24.3 Å². The highest BCUT2D eigenvalue weighted by Crippen LogP contribution is 2.12. The zero-order chi connectivity index (χ0) is 20.5. The van der Waals surface area contributed by atoms with E-state index in [0.29, 0.717) is 32.8 Å². The van der Waals surface area contributed by atoms with Gasteiger partial charge < -0.3 is 20.3 Å². The number of hydrogen-bond acceptors (Lipinski definition) is 5. The Balaban J connectivity index is 0.00000320. The molecule has 1 aromatic heterocycles. The first-order valence-corrected chi connectivity index (χ1v) is 9.97. The Morgan fingerprint density at radius 3 is 2.73 bits per heavy atom. The van der Waals surface area contributed by atoms with E-state index in [0.717, 1.165) is 18.8 Å². The number of halogens is 1. The molecule has 1 saturated heterocycles. The molecule has 1 aliphatic rings. The van der Waals surface area contributed by atoms with Gasteiger partial charge in [-0.3, -0.25) is 4.99 Å². The SMILES string of the molecule is CCOC(=O)N1CCC(NC(=NC)NCc2cccc(Cn3cncn3)c2)CC1.I. The predicted molar refractivity (Wildman–Crippen MR) is 126 cm³/mol. The third-order valence-corrected chi connectivity index (χ3v) is 4.85. The Morgan fingerprint density at radius 1 is 1.30 bits per heavy atom. The van der Waals surface area contributed by atoms with Crippen molar-refractivity contribution in [3.05, 3.63) is 48.0 Å². The summed E-state index contributed by atoms with van der Waals surface area (Å²) in [6, 6.07) is 8.65. The lowest BCUT2D eigenvalue weighted by molar-refractivity contribution is 0.0963. The minimum Gasteiger partial charge on any atom is -0.450 e. The maximum Gasteiger partial charge on any atom is 0.409 e. The number of nitrogens with zero attached hydrogens (tertiary/aromatic N) is 5. The molecule has 30 heavy (non-hydrogen) atoms. The molecule has 1 aliphatic heterocycles. The lowest BCUT2D eigenvalue weighted by Crippen LogP contribution is -2.49. The van der Waals surface area contributed by atoms with Gasteiger partial charge >= 0.3 is 6.09 Å².